The van der Waals surface area contributed by atoms with Gasteiger partial charge in [0.1, 0.15) is 18.1 Å². The van der Waals surface area contributed by atoms with Crippen LogP contribution in [-0.2, 0) is 13.2 Å². The number of aromatic nitrogens is 3. The lowest BCUT2D eigenvalue weighted by Crippen LogP contribution is -2.16. The van der Waals surface area contributed by atoms with Crippen LogP contribution >= 0.6 is 39.7 Å². The van der Waals surface area contributed by atoms with E-state index in [1.807, 2.05) is 66.7 Å². The van der Waals surface area contributed by atoms with Gasteiger partial charge in [0.05, 0.1) is 19.2 Å². The minimum Gasteiger partial charge on any atom is -0.496 e. The largest absolute Gasteiger partial charge is 0.496 e. The van der Waals surface area contributed by atoms with Gasteiger partial charge in [-0.1, -0.05) is 51.8 Å². The van der Waals surface area contributed by atoms with Crippen LogP contribution < -0.4 is 14.9 Å². The highest BCUT2D eigenvalue weighted by atomic mass is 79.9. The van der Waals surface area contributed by atoms with Crippen molar-refractivity contribution < 1.29 is 9.47 Å². The molecule has 3 aromatic carbocycles. The second kappa shape index (κ2) is 10.2. The number of nitrogens with zero attached hydrogens (tertiary/aromatic N) is 2. The molecule has 0 saturated carbocycles. The first-order chi connectivity index (χ1) is 15.5. The summed E-state index contributed by atoms with van der Waals surface area (Å²) < 4.78 is 14.7. The number of methoxy groups -OCH3 is 1. The summed E-state index contributed by atoms with van der Waals surface area (Å²) in [5.41, 5.74) is 6.16. The number of nitrogens with one attached hydrogen (secondary N) is 2. The number of ether oxygens (including phenoxy) is 2. The first-order valence-electron chi connectivity index (χ1n) is 9.75. The van der Waals surface area contributed by atoms with Crippen LogP contribution in [-0.4, -0.2) is 22.0 Å². The molecule has 1 aromatic heterocycles. The van der Waals surface area contributed by atoms with Crippen LogP contribution in [0.15, 0.2) is 71.2 Å². The fourth-order valence-corrected chi connectivity index (χ4v) is 3.92. The van der Waals surface area contributed by atoms with E-state index < -0.39 is 0 Å². The van der Waals surface area contributed by atoms with E-state index >= 15 is 0 Å². The second-order valence-corrected chi connectivity index (χ2v) is 8.63. The van der Waals surface area contributed by atoms with Crippen molar-refractivity contribution in [2.24, 2.45) is 0 Å². The Labute approximate surface area is 204 Å². The summed E-state index contributed by atoms with van der Waals surface area (Å²) in [5.74, 6) is 2.11. The smallest absolute Gasteiger partial charge is 0.214 e. The Morgan fingerprint density at radius 2 is 1.88 bits per heavy atom. The number of aromatic amines is 1. The summed E-state index contributed by atoms with van der Waals surface area (Å²) in [6.45, 7) is 0.898. The lowest BCUT2D eigenvalue weighted by Gasteiger charge is -2.15. The van der Waals surface area contributed by atoms with Gasteiger partial charge in [0.25, 0.3) is 0 Å². The highest BCUT2D eigenvalue weighted by molar-refractivity contribution is 9.10. The Bertz CT molecular complexity index is 1270. The maximum atomic E-state index is 6.09. The van der Waals surface area contributed by atoms with Crippen molar-refractivity contribution >= 4 is 39.7 Å². The van der Waals surface area contributed by atoms with Gasteiger partial charge in [0.2, 0.25) is 4.77 Å². The van der Waals surface area contributed by atoms with Gasteiger partial charge in [0.15, 0.2) is 5.82 Å². The van der Waals surface area contributed by atoms with E-state index in [1.165, 1.54) is 0 Å². The van der Waals surface area contributed by atoms with E-state index in [0.29, 0.717) is 34.5 Å². The summed E-state index contributed by atoms with van der Waals surface area (Å²) in [6.07, 6.45) is 0. The molecule has 0 fully saturated rings. The zero-order valence-electron chi connectivity index (χ0n) is 17.1. The summed E-state index contributed by atoms with van der Waals surface area (Å²) in [6, 6.07) is 21.1. The standard InChI is InChI=1S/C23H20BrClN4O2S/c1-30-21-5-3-2-4-19(21)22-27-28-23(32)29(22)26-13-16-12-17(24)8-11-20(16)31-14-15-6-9-18(25)10-7-15/h2-12,26H,13-14H2,1H3,(H,28,32). The Morgan fingerprint density at radius 3 is 2.66 bits per heavy atom. The molecule has 0 aliphatic heterocycles. The Morgan fingerprint density at radius 1 is 1.09 bits per heavy atom. The van der Waals surface area contributed by atoms with Crippen molar-refractivity contribution in [2.45, 2.75) is 13.2 Å². The number of benzene rings is 3. The van der Waals surface area contributed by atoms with Gasteiger partial charge >= 0.3 is 0 Å². The minimum atomic E-state index is 0.434. The highest BCUT2D eigenvalue weighted by Gasteiger charge is 2.14. The molecule has 4 aromatic rings. The molecule has 32 heavy (non-hydrogen) atoms. The lowest BCUT2D eigenvalue weighted by atomic mass is 10.2. The van der Waals surface area contributed by atoms with E-state index in [0.717, 1.165) is 26.9 Å². The molecule has 0 atom stereocenters. The van der Waals surface area contributed by atoms with E-state index in [1.54, 1.807) is 11.8 Å². The molecule has 0 amide bonds. The maximum Gasteiger partial charge on any atom is 0.214 e. The van der Waals surface area contributed by atoms with E-state index in [-0.39, 0.29) is 0 Å². The second-order valence-electron chi connectivity index (χ2n) is 6.89. The average molecular weight is 532 g/mol. The third kappa shape index (κ3) is 5.15. The summed E-state index contributed by atoms with van der Waals surface area (Å²) >= 11 is 15.0. The number of para-hydroxylation sites is 1. The van der Waals surface area contributed by atoms with Crippen LogP contribution in [0.1, 0.15) is 11.1 Å². The molecule has 0 saturated heterocycles. The number of H-pyrrole nitrogens is 1. The molecule has 4 rings (SSSR count). The van der Waals surface area contributed by atoms with Gasteiger partial charge in [0, 0.05) is 15.1 Å². The summed E-state index contributed by atoms with van der Waals surface area (Å²) in [5, 5.41) is 7.93. The summed E-state index contributed by atoms with van der Waals surface area (Å²) in [4.78, 5) is 0. The third-order valence-corrected chi connectivity index (χ3v) is 5.80. The maximum absolute atomic E-state index is 6.09. The van der Waals surface area contributed by atoms with Gasteiger partial charge in [-0.25, -0.2) is 9.77 Å². The van der Waals surface area contributed by atoms with Crippen LogP contribution in [0.2, 0.25) is 5.02 Å². The number of rotatable bonds is 8. The van der Waals surface area contributed by atoms with Crippen LogP contribution in [0.3, 0.4) is 0 Å². The van der Waals surface area contributed by atoms with Crippen molar-refractivity contribution in [1.29, 1.82) is 0 Å². The predicted molar refractivity (Wildman–Crippen MR) is 132 cm³/mol. The molecule has 0 radical (unpaired) electrons. The first kappa shape index (κ1) is 22.4. The van der Waals surface area contributed by atoms with Crippen LogP contribution in [0.25, 0.3) is 11.4 Å². The molecule has 1 heterocycles. The topological polar surface area (TPSA) is 64.1 Å². The number of hydrogen-bond donors (Lipinski definition) is 2. The highest BCUT2D eigenvalue weighted by Crippen LogP contribution is 2.28. The molecule has 0 bridgehead atoms. The fourth-order valence-electron chi connectivity index (χ4n) is 3.19. The lowest BCUT2D eigenvalue weighted by molar-refractivity contribution is 0.303. The zero-order chi connectivity index (χ0) is 22.5. The third-order valence-electron chi connectivity index (χ3n) is 4.78. The van der Waals surface area contributed by atoms with Crippen molar-refractivity contribution in [3.05, 3.63) is 92.1 Å². The minimum absolute atomic E-state index is 0.434. The van der Waals surface area contributed by atoms with Crippen LogP contribution in [0.5, 0.6) is 11.5 Å². The Hall–Kier alpha value is -2.81. The first-order valence-corrected chi connectivity index (χ1v) is 11.3. The van der Waals surface area contributed by atoms with Crippen LogP contribution in [0.4, 0.5) is 0 Å². The number of hydrogen-bond acceptors (Lipinski definition) is 5. The van der Waals surface area contributed by atoms with E-state index in [9.17, 15) is 0 Å². The van der Waals surface area contributed by atoms with Gasteiger partial charge in [-0.05, 0) is 60.2 Å². The van der Waals surface area contributed by atoms with Crippen LogP contribution in [0, 0.1) is 4.77 Å². The molecule has 9 heteroatoms. The Kier molecular flexibility index (Phi) is 7.14. The van der Waals surface area contributed by atoms with Crippen molar-refractivity contribution in [3.63, 3.8) is 0 Å². The van der Waals surface area contributed by atoms with E-state index in [2.05, 4.69) is 31.6 Å². The van der Waals surface area contributed by atoms with Gasteiger partial charge in [-0.2, -0.15) is 5.10 Å². The average Bonchev–Trinajstić information content (AvgIpc) is 3.18. The molecule has 164 valence electrons. The fraction of sp³-hybridized carbons (Fsp3) is 0.130. The molecule has 0 aliphatic rings. The monoisotopic (exact) mass is 530 g/mol. The summed E-state index contributed by atoms with van der Waals surface area (Å²) in [7, 11) is 1.63. The van der Waals surface area contributed by atoms with Gasteiger partial charge in [-0.3, -0.25) is 0 Å². The molecule has 0 aliphatic carbocycles. The quantitative estimate of drug-likeness (QED) is 0.259. The molecular weight excluding hydrogens is 512 g/mol. The molecular formula is C23H20BrClN4O2S. The van der Waals surface area contributed by atoms with Gasteiger partial charge < -0.3 is 14.9 Å². The normalized spacial score (nSPS) is 10.7. The Balaban J connectivity index is 1.56. The van der Waals surface area contributed by atoms with Crippen molar-refractivity contribution in [3.8, 4) is 22.9 Å². The van der Waals surface area contributed by atoms with E-state index in [4.69, 9.17) is 33.3 Å². The molecule has 0 unspecified atom stereocenters. The predicted octanol–water partition coefficient (Wildman–Crippen LogP) is 6.35. The molecule has 6 nitrogen and oxygen atoms in total. The SMILES string of the molecule is COc1ccccc1-c1n[nH]c(=S)n1NCc1cc(Br)ccc1OCc1ccc(Cl)cc1. The molecule has 2 N–H and O–H groups in total. The number of halogens is 2. The van der Waals surface area contributed by atoms with Gasteiger partial charge in [-0.15, -0.1) is 0 Å². The molecule has 0 spiro atoms. The zero-order valence-corrected chi connectivity index (χ0v) is 20.3. The van der Waals surface area contributed by atoms with Crippen molar-refractivity contribution in [1.82, 2.24) is 14.9 Å². The van der Waals surface area contributed by atoms with Crippen molar-refractivity contribution in [2.75, 3.05) is 12.5 Å².